The van der Waals surface area contributed by atoms with E-state index in [0.717, 1.165) is 12.8 Å². The molecule has 1 heterocycles. The number of hydrogen-bond acceptors (Lipinski definition) is 2. The average Bonchev–Trinajstić information content (AvgIpc) is 3.19. The third-order valence-corrected chi connectivity index (χ3v) is 3.42. The molecule has 0 unspecified atom stereocenters. The molecular formula is C14H15FN2O2. The van der Waals surface area contributed by atoms with E-state index in [9.17, 15) is 9.18 Å². The molecule has 1 aromatic carbocycles. The van der Waals surface area contributed by atoms with Crippen molar-refractivity contribution < 1.29 is 9.13 Å². The molecule has 3 rings (SSSR count). The Labute approximate surface area is 110 Å². The van der Waals surface area contributed by atoms with Gasteiger partial charge in [0, 0.05) is 24.0 Å². The number of methoxy groups -OCH3 is 1. The van der Waals surface area contributed by atoms with Crippen LogP contribution in [0, 0.1) is 5.82 Å². The number of hydrogen-bond donors (Lipinski definition) is 0. The van der Waals surface area contributed by atoms with Crippen molar-refractivity contribution in [3.05, 3.63) is 52.5 Å². The lowest BCUT2D eigenvalue weighted by molar-refractivity contribution is 0.383. The largest absolute Gasteiger partial charge is 0.494 e. The first-order valence-electron chi connectivity index (χ1n) is 6.29. The molecule has 1 aliphatic rings. The summed E-state index contributed by atoms with van der Waals surface area (Å²) in [6.07, 6.45) is 5.59. The molecule has 0 bridgehead atoms. The highest BCUT2D eigenvalue weighted by atomic mass is 19.1. The van der Waals surface area contributed by atoms with Gasteiger partial charge >= 0.3 is 5.69 Å². The number of imidazole rings is 1. The van der Waals surface area contributed by atoms with Gasteiger partial charge in [-0.05, 0) is 18.9 Å². The van der Waals surface area contributed by atoms with E-state index in [0.29, 0.717) is 11.6 Å². The average molecular weight is 262 g/mol. The minimum absolute atomic E-state index is 0.0790. The van der Waals surface area contributed by atoms with E-state index >= 15 is 0 Å². The second-order valence-electron chi connectivity index (χ2n) is 4.78. The normalized spacial score (nSPS) is 14.6. The number of rotatable bonds is 4. The van der Waals surface area contributed by atoms with Crippen molar-refractivity contribution in [2.75, 3.05) is 7.11 Å². The van der Waals surface area contributed by atoms with E-state index in [2.05, 4.69) is 0 Å². The van der Waals surface area contributed by atoms with Gasteiger partial charge in [-0.3, -0.25) is 9.13 Å². The van der Waals surface area contributed by atoms with Gasteiger partial charge in [-0.1, -0.05) is 12.1 Å². The van der Waals surface area contributed by atoms with Crippen LogP contribution in [0.15, 0.2) is 35.4 Å². The molecule has 100 valence electrons. The fourth-order valence-corrected chi connectivity index (χ4v) is 2.20. The molecule has 1 aromatic heterocycles. The number of ether oxygens (including phenoxy) is 1. The van der Waals surface area contributed by atoms with Gasteiger partial charge in [0.15, 0.2) is 11.6 Å². The maximum absolute atomic E-state index is 14.0. The van der Waals surface area contributed by atoms with Gasteiger partial charge in [-0.2, -0.15) is 0 Å². The van der Waals surface area contributed by atoms with Crippen molar-refractivity contribution >= 4 is 0 Å². The second kappa shape index (κ2) is 4.57. The minimum atomic E-state index is -0.406. The monoisotopic (exact) mass is 262 g/mol. The lowest BCUT2D eigenvalue weighted by Gasteiger charge is -2.07. The molecule has 0 N–H and O–H groups in total. The summed E-state index contributed by atoms with van der Waals surface area (Å²) in [6, 6.07) is 5.29. The standard InChI is InChI=1S/C14H15FN2O2/c1-19-12-4-2-3-10(13(12)15)9-16-7-8-17(14(16)18)11-5-6-11/h2-4,7-8,11H,5-6,9H2,1H3. The molecule has 1 saturated carbocycles. The zero-order valence-corrected chi connectivity index (χ0v) is 10.7. The zero-order valence-electron chi connectivity index (χ0n) is 10.7. The van der Waals surface area contributed by atoms with Gasteiger partial charge in [0.05, 0.1) is 13.7 Å². The maximum atomic E-state index is 14.0. The van der Waals surface area contributed by atoms with E-state index in [1.54, 1.807) is 35.2 Å². The Balaban J connectivity index is 1.91. The summed E-state index contributed by atoms with van der Waals surface area (Å²) >= 11 is 0. The Morgan fingerprint density at radius 2 is 2.16 bits per heavy atom. The van der Waals surface area contributed by atoms with E-state index in [-0.39, 0.29) is 18.0 Å². The summed E-state index contributed by atoms with van der Waals surface area (Å²) in [7, 11) is 1.43. The van der Waals surface area contributed by atoms with Crippen molar-refractivity contribution in [2.24, 2.45) is 0 Å². The number of aromatic nitrogens is 2. The maximum Gasteiger partial charge on any atom is 0.328 e. The lowest BCUT2D eigenvalue weighted by atomic mass is 10.2. The highest BCUT2D eigenvalue weighted by Gasteiger charge is 2.25. The fraction of sp³-hybridized carbons (Fsp3) is 0.357. The second-order valence-corrected chi connectivity index (χ2v) is 4.78. The molecule has 0 saturated heterocycles. The summed E-state index contributed by atoms with van der Waals surface area (Å²) in [5.41, 5.74) is 0.375. The summed E-state index contributed by atoms with van der Waals surface area (Å²) in [5, 5.41) is 0. The predicted octanol–water partition coefficient (Wildman–Crippen LogP) is 2.18. The van der Waals surface area contributed by atoms with Crippen molar-refractivity contribution in [3.63, 3.8) is 0 Å². The van der Waals surface area contributed by atoms with Crippen LogP contribution >= 0.6 is 0 Å². The molecule has 4 nitrogen and oxygen atoms in total. The van der Waals surface area contributed by atoms with Gasteiger partial charge in [-0.15, -0.1) is 0 Å². The van der Waals surface area contributed by atoms with Gasteiger partial charge in [0.25, 0.3) is 0 Å². The lowest BCUT2D eigenvalue weighted by Crippen LogP contribution is -2.24. The summed E-state index contributed by atoms with van der Waals surface area (Å²) in [5.74, 6) is -0.205. The van der Waals surface area contributed by atoms with Gasteiger partial charge < -0.3 is 4.74 Å². The Hall–Kier alpha value is -2.04. The topological polar surface area (TPSA) is 36.2 Å². The number of benzene rings is 1. The van der Waals surface area contributed by atoms with Gasteiger partial charge in [-0.25, -0.2) is 9.18 Å². The smallest absolute Gasteiger partial charge is 0.328 e. The van der Waals surface area contributed by atoms with Crippen LogP contribution in [0.5, 0.6) is 5.75 Å². The highest BCUT2D eigenvalue weighted by molar-refractivity contribution is 5.31. The van der Waals surface area contributed by atoms with Crippen LogP contribution in [-0.2, 0) is 6.54 Å². The Bertz CT molecular complexity index is 656. The van der Waals surface area contributed by atoms with Gasteiger partial charge in [0.1, 0.15) is 0 Å². The predicted molar refractivity (Wildman–Crippen MR) is 69.0 cm³/mol. The Morgan fingerprint density at radius 3 is 2.84 bits per heavy atom. The first kappa shape index (κ1) is 12.0. The van der Waals surface area contributed by atoms with Crippen LogP contribution in [0.2, 0.25) is 0 Å². The third-order valence-electron chi connectivity index (χ3n) is 3.42. The van der Waals surface area contributed by atoms with Gasteiger partial charge in [0.2, 0.25) is 0 Å². The molecule has 1 fully saturated rings. The first-order valence-corrected chi connectivity index (χ1v) is 6.29. The fourth-order valence-electron chi connectivity index (χ4n) is 2.20. The van der Waals surface area contributed by atoms with Crippen molar-refractivity contribution in [3.8, 4) is 5.75 Å². The van der Waals surface area contributed by atoms with Crippen molar-refractivity contribution in [1.29, 1.82) is 0 Å². The van der Waals surface area contributed by atoms with Crippen LogP contribution in [0.3, 0.4) is 0 Å². The molecule has 0 aliphatic heterocycles. The zero-order chi connectivity index (χ0) is 13.4. The van der Waals surface area contributed by atoms with Crippen LogP contribution in [-0.4, -0.2) is 16.2 Å². The first-order chi connectivity index (χ1) is 9.20. The Kier molecular flexibility index (Phi) is 2.89. The summed E-state index contributed by atoms with van der Waals surface area (Å²) in [4.78, 5) is 12.1. The third kappa shape index (κ3) is 2.16. The number of nitrogens with zero attached hydrogens (tertiary/aromatic N) is 2. The van der Waals surface area contributed by atoms with E-state index in [1.807, 2.05) is 0 Å². The molecule has 0 amide bonds. The quantitative estimate of drug-likeness (QED) is 0.846. The summed E-state index contributed by atoms with van der Waals surface area (Å²) < 4.78 is 22.2. The molecule has 0 spiro atoms. The molecular weight excluding hydrogens is 247 g/mol. The van der Waals surface area contributed by atoms with Crippen molar-refractivity contribution in [2.45, 2.75) is 25.4 Å². The van der Waals surface area contributed by atoms with E-state index < -0.39 is 5.82 Å². The minimum Gasteiger partial charge on any atom is -0.494 e. The molecule has 19 heavy (non-hydrogen) atoms. The van der Waals surface area contributed by atoms with Crippen LogP contribution in [0.4, 0.5) is 4.39 Å². The molecule has 0 atom stereocenters. The van der Waals surface area contributed by atoms with Crippen LogP contribution in [0.25, 0.3) is 0 Å². The molecule has 1 aliphatic carbocycles. The van der Waals surface area contributed by atoms with E-state index in [4.69, 9.17) is 4.74 Å². The van der Waals surface area contributed by atoms with Crippen LogP contribution in [0.1, 0.15) is 24.4 Å². The Morgan fingerprint density at radius 1 is 1.37 bits per heavy atom. The van der Waals surface area contributed by atoms with Crippen molar-refractivity contribution in [1.82, 2.24) is 9.13 Å². The SMILES string of the molecule is COc1cccc(Cn2ccn(C3CC3)c2=O)c1F. The molecule has 0 radical (unpaired) electrons. The summed E-state index contributed by atoms with van der Waals surface area (Å²) in [6.45, 7) is 0.224. The van der Waals surface area contributed by atoms with E-state index in [1.165, 1.54) is 11.7 Å². The molecule has 2 aromatic rings. The highest BCUT2D eigenvalue weighted by Crippen LogP contribution is 2.33. The molecule has 5 heteroatoms. The van der Waals surface area contributed by atoms with Crippen LogP contribution < -0.4 is 10.4 Å². The number of halogens is 1.